The van der Waals surface area contributed by atoms with Crippen LogP contribution in [0.2, 0.25) is 0 Å². The van der Waals surface area contributed by atoms with Gasteiger partial charge < -0.3 is 15.8 Å². The lowest BCUT2D eigenvalue weighted by atomic mass is 10.1. The van der Waals surface area contributed by atoms with E-state index in [1.54, 1.807) is 0 Å². The molecule has 1 aromatic heterocycles. The van der Waals surface area contributed by atoms with Gasteiger partial charge in [-0.25, -0.2) is 4.98 Å². The molecule has 3 N–H and O–H groups in total. The number of benzene rings is 2. The van der Waals surface area contributed by atoms with E-state index >= 15 is 0 Å². The lowest BCUT2D eigenvalue weighted by molar-refractivity contribution is 0.306. The maximum absolute atomic E-state index is 5.87. The fraction of sp³-hybridized carbons (Fsp3) is 0.167. The van der Waals surface area contributed by atoms with Gasteiger partial charge in [-0.15, -0.1) is 24.8 Å². The Morgan fingerprint density at radius 3 is 2.58 bits per heavy atom. The molecule has 1 heterocycles. The fourth-order valence-electron chi connectivity index (χ4n) is 2.38. The highest BCUT2D eigenvalue weighted by Gasteiger charge is 2.01. The summed E-state index contributed by atoms with van der Waals surface area (Å²) in [4.78, 5) is 4.34. The molecule has 0 radical (unpaired) electrons. The third-order valence-corrected chi connectivity index (χ3v) is 3.46. The van der Waals surface area contributed by atoms with Gasteiger partial charge in [0.05, 0.1) is 5.52 Å². The first-order valence-corrected chi connectivity index (χ1v) is 7.26. The van der Waals surface area contributed by atoms with E-state index in [1.165, 1.54) is 5.56 Å². The predicted molar refractivity (Wildman–Crippen MR) is 104 cm³/mol. The largest absolute Gasteiger partial charge is 0.489 e. The first-order valence-electron chi connectivity index (χ1n) is 7.26. The fourth-order valence-corrected chi connectivity index (χ4v) is 2.38. The van der Waals surface area contributed by atoms with Gasteiger partial charge in [-0.1, -0.05) is 24.3 Å². The van der Waals surface area contributed by atoms with Crippen molar-refractivity contribution in [3.8, 4) is 5.75 Å². The van der Waals surface area contributed by atoms with Crippen molar-refractivity contribution in [2.45, 2.75) is 13.2 Å². The SMILES string of the molecule is CNCc1cccc(OCc2ccc3ccc(N)nc3c2)c1.Cl.Cl. The van der Waals surface area contributed by atoms with Crippen LogP contribution in [-0.2, 0) is 13.2 Å². The third kappa shape index (κ3) is 4.99. The topological polar surface area (TPSA) is 60.2 Å². The van der Waals surface area contributed by atoms with Crippen molar-refractivity contribution < 1.29 is 4.74 Å². The molecular weight excluding hydrogens is 345 g/mol. The number of nitrogens with one attached hydrogen (secondary N) is 1. The molecule has 128 valence electrons. The van der Waals surface area contributed by atoms with Crippen molar-refractivity contribution >= 4 is 41.5 Å². The Hall–Kier alpha value is -2.01. The van der Waals surface area contributed by atoms with Crippen LogP contribution in [0.5, 0.6) is 5.75 Å². The molecule has 0 aliphatic heterocycles. The van der Waals surface area contributed by atoms with Crippen molar-refractivity contribution in [2.24, 2.45) is 0 Å². The van der Waals surface area contributed by atoms with Gasteiger partial charge in [0.1, 0.15) is 18.2 Å². The van der Waals surface area contributed by atoms with Gasteiger partial charge >= 0.3 is 0 Å². The van der Waals surface area contributed by atoms with Crippen molar-refractivity contribution in [3.63, 3.8) is 0 Å². The van der Waals surface area contributed by atoms with Gasteiger partial charge in [0.25, 0.3) is 0 Å². The Balaban J connectivity index is 0.00000144. The zero-order valence-corrected chi connectivity index (χ0v) is 15.0. The van der Waals surface area contributed by atoms with Crippen LogP contribution >= 0.6 is 24.8 Å². The average molecular weight is 366 g/mol. The normalized spacial score (nSPS) is 9.88. The Bertz CT molecular complexity index is 796. The van der Waals surface area contributed by atoms with Gasteiger partial charge in [-0.05, 0) is 48.5 Å². The molecule has 0 bridgehead atoms. The van der Waals surface area contributed by atoms with Gasteiger partial charge in [-0.2, -0.15) is 0 Å². The summed E-state index contributed by atoms with van der Waals surface area (Å²) >= 11 is 0. The number of hydrogen-bond donors (Lipinski definition) is 2. The number of rotatable bonds is 5. The number of aromatic nitrogens is 1. The van der Waals surface area contributed by atoms with E-state index in [1.807, 2.05) is 49.5 Å². The minimum atomic E-state index is 0. The Morgan fingerprint density at radius 1 is 1.00 bits per heavy atom. The number of pyridine rings is 1. The molecular formula is C18H21Cl2N3O. The van der Waals surface area contributed by atoms with Crippen LogP contribution in [0.25, 0.3) is 10.9 Å². The molecule has 0 aliphatic carbocycles. The van der Waals surface area contributed by atoms with Gasteiger partial charge in [0.2, 0.25) is 0 Å². The van der Waals surface area contributed by atoms with E-state index < -0.39 is 0 Å². The molecule has 3 aromatic rings. The summed E-state index contributed by atoms with van der Waals surface area (Å²) < 4.78 is 5.87. The quantitative estimate of drug-likeness (QED) is 0.718. The molecule has 0 saturated carbocycles. The van der Waals surface area contributed by atoms with Crippen LogP contribution in [0.15, 0.2) is 54.6 Å². The van der Waals surface area contributed by atoms with Gasteiger partial charge in [0.15, 0.2) is 0 Å². The molecule has 0 atom stereocenters. The zero-order valence-electron chi connectivity index (χ0n) is 13.4. The summed E-state index contributed by atoms with van der Waals surface area (Å²) in [5.41, 5.74) is 8.90. The number of nitrogen functional groups attached to an aromatic ring is 1. The smallest absolute Gasteiger partial charge is 0.124 e. The maximum atomic E-state index is 5.87. The van der Waals surface area contributed by atoms with E-state index in [-0.39, 0.29) is 24.8 Å². The number of hydrogen-bond acceptors (Lipinski definition) is 4. The van der Waals surface area contributed by atoms with E-state index in [0.717, 1.165) is 28.8 Å². The predicted octanol–water partition coefficient (Wildman–Crippen LogP) is 3.96. The van der Waals surface area contributed by atoms with E-state index in [2.05, 4.69) is 22.4 Å². The molecule has 3 rings (SSSR count). The van der Waals surface area contributed by atoms with Crippen molar-refractivity contribution in [1.82, 2.24) is 10.3 Å². The highest BCUT2D eigenvalue weighted by molar-refractivity contribution is 5.85. The number of anilines is 1. The van der Waals surface area contributed by atoms with Gasteiger partial charge in [0, 0.05) is 11.9 Å². The molecule has 0 aliphatic rings. The second kappa shape index (κ2) is 9.33. The van der Waals surface area contributed by atoms with Crippen LogP contribution in [-0.4, -0.2) is 12.0 Å². The summed E-state index contributed by atoms with van der Waals surface area (Å²) in [6.45, 7) is 1.34. The molecule has 0 fully saturated rings. The Labute approximate surface area is 154 Å². The van der Waals surface area contributed by atoms with Crippen LogP contribution in [0, 0.1) is 0 Å². The molecule has 4 nitrogen and oxygen atoms in total. The Kier molecular flexibility index (Phi) is 7.79. The minimum Gasteiger partial charge on any atom is -0.489 e. The van der Waals surface area contributed by atoms with Crippen LogP contribution in [0.3, 0.4) is 0 Å². The van der Waals surface area contributed by atoms with Crippen LogP contribution < -0.4 is 15.8 Å². The second-order valence-corrected chi connectivity index (χ2v) is 5.23. The number of ether oxygens (including phenoxy) is 1. The van der Waals surface area contributed by atoms with E-state index in [0.29, 0.717) is 12.4 Å². The van der Waals surface area contributed by atoms with Crippen LogP contribution in [0.1, 0.15) is 11.1 Å². The Morgan fingerprint density at radius 2 is 1.79 bits per heavy atom. The first-order chi connectivity index (χ1) is 10.7. The summed E-state index contributed by atoms with van der Waals surface area (Å²) in [6, 6.07) is 18.0. The maximum Gasteiger partial charge on any atom is 0.124 e. The summed E-state index contributed by atoms with van der Waals surface area (Å²) in [5.74, 6) is 1.40. The highest BCUT2D eigenvalue weighted by Crippen LogP contribution is 2.18. The standard InChI is InChI=1S/C18H19N3O.2ClH/c1-20-11-13-3-2-4-16(9-13)22-12-14-5-6-15-7-8-18(19)21-17(15)10-14;;/h2-10,20H,11-12H2,1H3,(H2,19,21);2*1H. The first kappa shape index (κ1) is 20.0. The highest BCUT2D eigenvalue weighted by atomic mass is 35.5. The van der Waals surface area contributed by atoms with Crippen LogP contribution in [0.4, 0.5) is 5.82 Å². The molecule has 6 heteroatoms. The number of nitrogens with zero attached hydrogens (tertiary/aromatic N) is 1. The molecule has 0 spiro atoms. The molecule has 0 saturated heterocycles. The molecule has 0 amide bonds. The average Bonchev–Trinajstić information content (AvgIpc) is 2.53. The lowest BCUT2D eigenvalue weighted by Gasteiger charge is -2.09. The van der Waals surface area contributed by atoms with Crippen molar-refractivity contribution in [1.29, 1.82) is 0 Å². The second-order valence-electron chi connectivity index (χ2n) is 5.23. The third-order valence-electron chi connectivity index (χ3n) is 3.46. The van der Waals surface area contributed by atoms with Gasteiger partial charge in [-0.3, -0.25) is 0 Å². The molecule has 2 aromatic carbocycles. The lowest BCUT2D eigenvalue weighted by Crippen LogP contribution is -2.05. The number of nitrogens with two attached hydrogens (primary N) is 1. The minimum absolute atomic E-state index is 0. The molecule has 0 unspecified atom stereocenters. The summed E-state index contributed by atoms with van der Waals surface area (Å²) in [5, 5.41) is 4.21. The summed E-state index contributed by atoms with van der Waals surface area (Å²) in [6.07, 6.45) is 0. The number of fused-ring (bicyclic) bond motifs is 1. The van der Waals surface area contributed by atoms with E-state index in [4.69, 9.17) is 10.5 Å². The number of halogens is 2. The monoisotopic (exact) mass is 365 g/mol. The molecule has 24 heavy (non-hydrogen) atoms. The van der Waals surface area contributed by atoms with Crippen molar-refractivity contribution in [2.75, 3.05) is 12.8 Å². The van der Waals surface area contributed by atoms with E-state index in [9.17, 15) is 0 Å². The summed E-state index contributed by atoms with van der Waals surface area (Å²) in [7, 11) is 1.93. The zero-order chi connectivity index (χ0) is 15.4. The van der Waals surface area contributed by atoms with Crippen molar-refractivity contribution in [3.05, 3.63) is 65.7 Å².